The van der Waals surface area contributed by atoms with Gasteiger partial charge in [-0.2, -0.15) is 10.2 Å². The first-order valence-electron chi connectivity index (χ1n) is 9.47. The van der Waals surface area contributed by atoms with Crippen LogP contribution in [0.2, 0.25) is 0 Å². The number of likely N-dealkylation sites (N-methyl/N-ethyl adjacent to an activating group) is 1. The number of nitriles is 1. The van der Waals surface area contributed by atoms with Crippen molar-refractivity contribution in [2.75, 3.05) is 38.1 Å². The monoisotopic (exact) mass is 375 g/mol. The number of oxazole rings is 1. The maximum Gasteiger partial charge on any atom is 0.236 e. The maximum atomic E-state index is 9.39. The number of ether oxygens (including phenoxy) is 1. The summed E-state index contributed by atoms with van der Waals surface area (Å²) in [6.07, 6.45) is 0. The molecule has 0 bridgehead atoms. The molecule has 0 atom stereocenters. The van der Waals surface area contributed by atoms with Gasteiger partial charge in [0.25, 0.3) is 0 Å². The number of anilines is 1. The summed E-state index contributed by atoms with van der Waals surface area (Å²) < 4.78 is 11.7. The minimum atomic E-state index is 0.193. The van der Waals surface area contributed by atoms with Gasteiger partial charge >= 0.3 is 0 Å². The largest absolute Gasteiger partial charge is 0.484 e. The number of rotatable bonds is 5. The van der Waals surface area contributed by atoms with Gasteiger partial charge in [-0.3, -0.25) is 0 Å². The summed E-state index contributed by atoms with van der Waals surface area (Å²) in [6, 6.07) is 20.3. The van der Waals surface area contributed by atoms with E-state index in [0.717, 1.165) is 37.5 Å². The first kappa shape index (κ1) is 18.1. The van der Waals surface area contributed by atoms with Gasteiger partial charge in [0.05, 0.1) is 33.2 Å². The van der Waals surface area contributed by atoms with Crippen LogP contribution in [0.25, 0.3) is 11.1 Å². The highest BCUT2D eigenvalue weighted by Crippen LogP contribution is 2.25. The van der Waals surface area contributed by atoms with Crippen LogP contribution in [0.3, 0.4) is 0 Å². The second-order valence-corrected chi connectivity index (χ2v) is 7.00. The van der Waals surface area contributed by atoms with Gasteiger partial charge in [0.1, 0.15) is 11.8 Å². The summed E-state index contributed by atoms with van der Waals surface area (Å²) in [5.41, 5.74) is 2.63. The zero-order chi connectivity index (χ0) is 19.3. The molecular formula is C22H23N4O2+. The molecule has 6 nitrogen and oxygen atoms in total. The second kappa shape index (κ2) is 8.15. The standard InChI is InChI=1S/C22H22N4O2/c1-25-11-13-26(14-12-25)22-20(15-23)24-21(28-22)16-27-19-9-7-18(8-10-19)17-5-3-2-4-6-17/h2-10H,11-14,16H2,1H3/p+1. The molecule has 0 unspecified atom stereocenters. The van der Waals surface area contributed by atoms with Gasteiger partial charge in [-0.05, 0) is 23.3 Å². The Balaban J connectivity index is 1.42. The van der Waals surface area contributed by atoms with Crippen molar-refractivity contribution in [1.82, 2.24) is 4.98 Å². The fraction of sp³-hybridized carbons (Fsp3) is 0.273. The molecule has 1 aliphatic heterocycles. The Morgan fingerprint density at radius 3 is 2.43 bits per heavy atom. The van der Waals surface area contributed by atoms with Crippen LogP contribution >= 0.6 is 0 Å². The smallest absolute Gasteiger partial charge is 0.236 e. The highest BCUT2D eigenvalue weighted by molar-refractivity contribution is 5.63. The van der Waals surface area contributed by atoms with E-state index in [1.165, 1.54) is 10.5 Å². The van der Waals surface area contributed by atoms with Crippen molar-refractivity contribution in [2.24, 2.45) is 0 Å². The summed E-state index contributed by atoms with van der Waals surface area (Å²) in [5.74, 6) is 1.72. The lowest BCUT2D eigenvalue weighted by Crippen LogP contribution is -3.12. The fourth-order valence-corrected chi connectivity index (χ4v) is 3.31. The summed E-state index contributed by atoms with van der Waals surface area (Å²) in [7, 11) is 2.17. The third-order valence-electron chi connectivity index (χ3n) is 4.99. The SMILES string of the molecule is C[NH+]1CCN(c2oc(COc3ccc(-c4ccccc4)cc3)nc2C#N)CC1. The highest BCUT2D eigenvalue weighted by atomic mass is 16.5. The molecular weight excluding hydrogens is 352 g/mol. The van der Waals surface area contributed by atoms with Gasteiger partial charge in [0.15, 0.2) is 6.61 Å². The van der Waals surface area contributed by atoms with Crippen molar-refractivity contribution >= 4 is 5.88 Å². The maximum absolute atomic E-state index is 9.39. The number of nitrogens with zero attached hydrogens (tertiary/aromatic N) is 3. The molecule has 0 spiro atoms. The van der Waals surface area contributed by atoms with E-state index in [4.69, 9.17) is 9.15 Å². The number of hydrogen-bond donors (Lipinski definition) is 1. The number of quaternary nitrogens is 1. The van der Waals surface area contributed by atoms with Crippen LogP contribution in [0.5, 0.6) is 5.75 Å². The zero-order valence-corrected chi connectivity index (χ0v) is 15.9. The fourth-order valence-electron chi connectivity index (χ4n) is 3.31. The van der Waals surface area contributed by atoms with E-state index in [-0.39, 0.29) is 6.61 Å². The summed E-state index contributed by atoms with van der Waals surface area (Å²) >= 11 is 0. The molecule has 0 aliphatic carbocycles. The summed E-state index contributed by atoms with van der Waals surface area (Å²) in [4.78, 5) is 7.88. The van der Waals surface area contributed by atoms with Crippen molar-refractivity contribution < 1.29 is 14.1 Å². The van der Waals surface area contributed by atoms with E-state index in [1.54, 1.807) is 0 Å². The van der Waals surface area contributed by atoms with Crippen LogP contribution < -0.4 is 14.5 Å². The summed E-state index contributed by atoms with van der Waals surface area (Å²) in [5, 5.41) is 9.39. The Hall–Kier alpha value is -3.30. The average Bonchev–Trinajstić information content (AvgIpc) is 3.17. The van der Waals surface area contributed by atoms with Crippen LogP contribution in [0.1, 0.15) is 11.6 Å². The van der Waals surface area contributed by atoms with E-state index in [9.17, 15) is 5.26 Å². The van der Waals surface area contributed by atoms with Gasteiger partial charge in [0.2, 0.25) is 17.5 Å². The summed E-state index contributed by atoms with van der Waals surface area (Å²) in [6.45, 7) is 3.95. The van der Waals surface area contributed by atoms with Crippen molar-refractivity contribution in [3.05, 3.63) is 66.2 Å². The number of nitrogens with one attached hydrogen (secondary N) is 1. The predicted octanol–water partition coefficient (Wildman–Crippen LogP) is 2.13. The van der Waals surface area contributed by atoms with Gasteiger partial charge in [-0.15, -0.1) is 0 Å². The van der Waals surface area contributed by atoms with Crippen LogP contribution in [-0.4, -0.2) is 38.2 Å². The number of piperazine rings is 1. The molecule has 6 heteroatoms. The van der Waals surface area contributed by atoms with Gasteiger partial charge < -0.3 is 19.0 Å². The lowest BCUT2D eigenvalue weighted by Gasteiger charge is -2.29. The third-order valence-corrected chi connectivity index (χ3v) is 4.99. The van der Waals surface area contributed by atoms with Crippen LogP contribution in [-0.2, 0) is 6.61 Å². The molecule has 0 radical (unpaired) electrons. The Morgan fingerprint density at radius 2 is 1.75 bits per heavy atom. The normalized spacial score (nSPS) is 14.6. The lowest BCUT2D eigenvalue weighted by molar-refractivity contribution is -0.880. The second-order valence-electron chi connectivity index (χ2n) is 7.00. The topological polar surface area (TPSA) is 66.7 Å². The van der Waals surface area contributed by atoms with E-state index in [2.05, 4.69) is 35.1 Å². The molecule has 4 rings (SSSR count). The molecule has 0 saturated carbocycles. The Morgan fingerprint density at radius 1 is 1.07 bits per heavy atom. The predicted molar refractivity (Wildman–Crippen MR) is 106 cm³/mol. The van der Waals surface area contributed by atoms with Crippen molar-refractivity contribution in [3.63, 3.8) is 0 Å². The molecule has 142 valence electrons. The molecule has 1 aliphatic rings. The number of benzene rings is 2. The van der Waals surface area contributed by atoms with Gasteiger partial charge in [-0.25, -0.2) is 0 Å². The first-order chi connectivity index (χ1) is 13.7. The number of hydrogen-bond acceptors (Lipinski definition) is 5. The molecule has 1 fully saturated rings. The van der Waals surface area contributed by atoms with Crippen molar-refractivity contribution in [2.45, 2.75) is 6.61 Å². The third kappa shape index (κ3) is 4.00. The minimum absolute atomic E-state index is 0.193. The van der Waals surface area contributed by atoms with Gasteiger partial charge in [0, 0.05) is 0 Å². The molecule has 2 heterocycles. The Labute approximate surface area is 164 Å². The number of aromatic nitrogens is 1. The van der Waals surface area contributed by atoms with Crippen LogP contribution in [0, 0.1) is 11.3 Å². The molecule has 0 amide bonds. The van der Waals surface area contributed by atoms with Crippen LogP contribution in [0.4, 0.5) is 5.88 Å². The Kier molecular flexibility index (Phi) is 5.27. The van der Waals surface area contributed by atoms with E-state index in [1.807, 2.05) is 42.5 Å². The minimum Gasteiger partial charge on any atom is -0.484 e. The molecule has 3 aromatic rings. The highest BCUT2D eigenvalue weighted by Gasteiger charge is 2.24. The molecule has 1 saturated heterocycles. The van der Waals surface area contributed by atoms with E-state index >= 15 is 0 Å². The van der Waals surface area contributed by atoms with Crippen molar-refractivity contribution in [1.29, 1.82) is 5.26 Å². The van der Waals surface area contributed by atoms with E-state index in [0.29, 0.717) is 17.5 Å². The zero-order valence-electron chi connectivity index (χ0n) is 15.9. The average molecular weight is 375 g/mol. The quantitative estimate of drug-likeness (QED) is 0.740. The van der Waals surface area contributed by atoms with Gasteiger partial charge in [-0.1, -0.05) is 42.5 Å². The van der Waals surface area contributed by atoms with Crippen LogP contribution in [0.15, 0.2) is 59.0 Å². The molecule has 1 N–H and O–H groups in total. The Bertz CT molecular complexity index is 952. The molecule has 2 aromatic carbocycles. The van der Waals surface area contributed by atoms with E-state index < -0.39 is 0 Å². The lowest BCUT2D eigenvalue weighted by atomic mass is 10.1. The molecule has 1 aromatic heterocycles. The first-order valence-corrected chi connectivity index (χ1v) is 9.47. The van der Waals surface area contributed by atoms with Crippen molar-refractivity contribution in [3.8, 4) is 22.9 Å². The molecule has 28 heavy (non-hydrogen) atoms.